The molecule has 0 spiro atoms. The molecule has 3 rings (SSSR count). The van der Waals surface area contributed by atoms with Gasteiger partial charge in [-0.2, -0.15) is 0 Å². The molecule has 0 saturated heterocycles. The van der Waals surface area contributed by atoms with Crippen molar-refractivity contribution in [3.63, 3.8) is 0 Å². The summed E-state index contributed by atoms with van der Waals surface area (Å²) in [6.45, 7) is 3.79. The molecule has 0 unspecified atom stereocenters. The Kier molecular flexibility index (Phi) is 6.34. The monoisotopic (exact) mass is 444 g/mol. The largest absolute Gasteiger partial charge is 0.495 e. The van der Waals surface area contributed by atoms with Crippen LogP contribution in [0.3, 0.4) is 0 Å². The van der Waals surface area contributed by atoms with E-state index in [1.165, 1.54) is 19.2 Å². The molecule has 0 aliphatic carbocycles. The lowest BCUT2D eigenvalue weighted by atomic mass is 10.0. The first-order chi connectivity index (χ1) is 14.2. The number of sulfonamides is 1. The predicted molar refractivity (Wildman–Crippen MR) is 119 cm³/mol. The van der Waals surface area contributed by atoms with Crippen LogP contribution in [0.25, 0.3) is 0 Å². The van der Waals surface area contributed by atoms with E-state index < -0.39 is 10.0 Å². The summed E-state index contributed by atoms with van der Waals surface area (Å²) in [5.41, 5.74) is 3.06. The molecule has 3 aromatic rings. The van der Waals surface area contributed by atoms with Crippen LogP contribution >= 0.6 is 11.6 Å². The van der Waals surface area contributed by atoms with Crippen molar-refractivity contribution in [1.29, 1.82) is 0 Å². The second kappa shape index (κ2) is 8.77. The summed E-state index contributed by atoms with van der Waals surface area (Å²) in [5.74, 6) is -0.170. The first-order valence-corrected chi connectivity index (χ1v) is 10.9. The van der Waals surface area contributed by atoms with Gasteiger partial charge in [-0.05, 0) is 73.5 Å². The minimum atomic E-state index is -3.98. The van der Waals surface area contributed by atoms with Gasteiger partial charge in [-0.15, -0.1) is 0 Å². The van der Waals surface area contributed by atoms with Crippen molar-refractivity contribution in [3.8, 4) is 5.75 Å². The van der Waals surface area contributed by atoms with E-state index in [2.05, 4.69) is 10.0 Å². The number of anilines is 2. The molecular formula is C22H21ClN2O4S. The molecule has 0 aliphatic rings. The number of hydrogen-bond acceptors (Lipinski definition) is 4. The van der Waals surface area contributed by atoms with Gasteiger partial charge in [0, 0.05) is 22.0 Å². The third-order valence-corrected chi connectivity index (χ3v) is 6.31. The molecule has 156 valence electrons. The van der Waals surface area contributed by atoms with Gasteiger partial charge in [0.25, 0.3) is 15.9 Å². The van der Waals surface area contributed by atoms with Crippen molar-refractivity contribution >= 4 is 38.9 Å². The van der Waals surface area contributed by atoms with E-state index >= 15 is 0 Å². The van der Waals surface area contributed by atoms with Crippen LogP contribution in [0.4, 0.5) is 11.4 Å². The molecule has 8 heteroatoms. The van der Waals surface area contributed by atoms with Crippen molar-refractivity contribution in [1.82, 2.24) is 0 Å². The van der Waals surface area contributed by atoms with Crippen molar-refractivity contribution in [2.24, 2.45) is 0 Å². The molecule has 1 amide bonds. The Morgan fingerprint density at radius 1 is 0.967 bits per heavy atom. The average molecular weight is 445 g/mol. The van der Waals surface area contributed by atoms with Gasteiger partial charge in [-0.3, -0.25) is 9.52 Å². The van der Waals surface area contributed by atoms with E-state index in [-0.39, 0.29) is 16.6 Å². The van der Waals surface area contributed by atoms with Gasteiger partial charge in [0.2, 0.25) is 0 Å². The summed E-state index contributed by atoms with van der Waals surface area (Å²) < 4.78 is 33.6. The molecule has 2 N–H and O–H groups in total. The molecule has 0 bridgehead atoms. The van der Waals surface area contributed by atoms with Crippen LogP contribution in [0.5, 0.6) is 5.75 Å². The minimum absolute atomic E-state index is 0.0984. The van der Waals surface area contributed by atoms with E-state index in [1.807, 2.05) is 19.9 Å². The van der Waals surface area contributed by atoms with Crippen molar-refractivity contribution in [2.45, 2.75) is 18.7 Å². The molecule has 0 saturated carbocycles. The number of nitrogens with one attached hydrogen (secondary N) is 2. The van der Waals surface area contributed by atoms with Gasteiger partial charge in [-0.25, -0.2) is 8.42 Å². The maximum absolute atomic E-state index is 12.9. The molecule has 0 aliphatic heterocycles. The zero-order valence-electron chi connectivity index (χ0n) is 16.7. The standard InChI is InChI=1S/C22H21ClN2O4S/c1-14-5-4-6-19(15(14)2)22(26)24-18-11-12-20(29-3)21(13-18)30(27,28)25-17-9-7-16(23)8-10-17/h4-13,25H,1-3H3,(H,24,26). The van der Waals surface area contributed by atoms with Gasteiger partial charge in [-0.1, -0.05) is 23.7 Å². The summed E-state index contributed by atoms with van der Waals surface area (Å²) in [5, 5.41) is 3.25. The lowest BCUT2D eigenvalue weighted by molar-refractivity contribution is 0.102. The van der Waals surface area contributed by atoms with Crippen LogP contribution < -0.4 is 14.8 Å². The summed E-state index contributed by atoms with van der Waals surface area (Å²) >= 11 is 5.85. The molecule has 30 heavy (non-hydrogen) atoms. The molecule has 0 radical (unpaired) electrons. The van der Waals surface area contributed by atoms with Crippen LogP contribution in [0.1, 0.15) is 21.5 Å². The van der Waals surface area contributed by atoms with E-state index in [0.717, 1.165) is 11.1 Å². The maximum Gasteiger partial charge on any atom is 0.265 e. The number of carbonyl (C=O) groups excluding carboxylic acids is 1. The highest BCUT2D eigenvalue weighted by Crippen LogP contribution is 2.29. The number of halogens is 1. The van der Waals surface area contributed by atoms with Gasteiger partial charge < -0.3 is 10.1 Å². The summed E-state index contributed by atoms with van der Waals surface area (Å²) in [7, 11) is -2.60. The zero-order chi connectivity index (χ0) is 21.9. The second-order valence-corrected chi connectivity index (χ2v) is 8.77. The Balaban J connectivity index is 1.92. The van der Waals surface area contributed by atoms with Gasteiger partial charge >= 0.3 is 0 Å². The number of rotatable bonds is 6. The lowest BCUT2D eigenvalue weighted by Crippen LogP contribution is -2.16. The molecular weight excluding hydrogens is 424 g/mol. The van der Waals surface area contributed by atoms with E-state index in [1.54, 1.807) is 42.5 Å². The Hall–Kier alpha value is -3.03. The number of benzene rings is 3. The second-order valence-electron chi connectivity index (χ2n) is 6.68. The highest BCUT2D eigenvalue weighted by molar-refractivity contribution is 7.92. The average Bonchev–Trinajstić information content (AvgIpc) is 2.71. The Labute approximate surface area is 180 Å². The number of carbonyl (C=O) groups is 1. The fourth-order valence-corrected chi connectivity index (χ4v) is 4.27. The SMILES string of the molecule is COc1ccc(NC(=O)c2cccc(C)c2C)cc1S(=O)(=O)Nc1ccc(Cl)cc1. The highest BCUT2D eigenvalue weighted by Gasteiger charge is 2.21. The number of aryl methyl sites for hydroxylation is 1. The van der Waals surface area contributed by atoms with Crippen molar-refractivity contribution < 1.29 is 17.9 Å². The fourth-order valence-electron chi connectivity index (χ4n) is 2.89. The number of methoxy groups -OCH3 is 1. The zero-order valence-corrected chi connectivity index (χ0v) is 18.3. The topological polar surface area (TPSA) is 84.5 Å². The smallest absolute Gasteiger partial charge is 0.265 e. The van der Waals surface area contributed by atoms with E-state index in [4.69, 9.17) is 16.3 Å². The first-order valence-electron chi connectivity index (χ1n) is 9.05. The minimum Gasteiger partial charge on any atom is -0.495 e. The Morgan fingerprint density at radius 2 is 1.63 bits per heavy atom. The Bertz CT molecular complexity index is 1190. The molecule has 0 atom stereocenters. The molecule has 0 fully saturated rings. The molecule has 0 heterocycles. The van der Waals surface area contributed by atoms with Gasteiger partial charge in [0.1, 0.15) is 10.6 Å². The van der Waals surface area contributed by atoms with E-state index in [0.29, 0.717) is 22.0 Å². The predicted octanol–water partition coefficient (Wildman–Crippen LogP) is 5.02. The normalized spacial score (nSPS) is 11.1. The molecule has 0 aromatic heterocycles. The van der Waals surface area contributed by atoms with Crippen molar-refractivity contribution in [3.05, 3.63) is 82.4 Å². The van der Waals surface area contributed by atoms with Gasteiger partial charge in [0.15, 0.2) is 0 Å². The molecule has 3 aromatic carbocycles. The summed E-state index contributed by atoms with van der Waals surface area (Å²) in [4.78, 5) is 12.6. The van der Waals surface area contributed by atoms with E-state index in [9.17, 15) is 13.2 Å². The third-order valence-electron chi connectivity index (χ3n) is 4.66. The quantitative estimate of drug-likeness (QED) is 0.559. The summed E-state index contributed by atoms with van der Waals surface area (Å²) in [6, 6.07) is 16.2. The van der Waals surface area contributed by atoms with Crippen LogP contribution in [-0.4, -0.2) is 21.4 Å². The first kappa shape index (κ1) is 21.7. The highest BCUT2D eigenvalue weighted by atomic mass is 35.5. The Morgan fingerprint density at radius 3 is 2.30 bits per heavy atom. The summed E-state index contributed by atoms with van der Waals surface area (Å²) in [6.07, 6.45) is 0. The van der Waals surface area contributed by atoms with Gasteiger partial charge in [0.05, 0.1) is 7.11 Å². The van der Waals surface area contributed by atoms with Crippen LogP contribution in [0, 0.1) is 13.8 Å². The number of amides is 1. The van der Waals surface area contributed by atoms with Crippen LogP contribution in [0.15, 0.2) is 65.6 Å². The van der Waals surface area contributed by atoms with Crippen LogP contribution in [-0.2, 0) is 10.0 Å². The van der Waals surface area contributed by atoms with Crippen molar-refractivity contribution in [2.75, 3.05) is 17.1 Å². The number of hydrogen-bond donors (Lipinski definition) is 2. The molecule has 6 nitrogen and oxygen atoms in total. The maximum atomic E-state index is 12.9. The fraction of sp³-hybridized carbons (Fsp3) is 0.136. The van der Waals surface area contributed by atoms with Crippen LogP contribution in [0.2, 0.25) is 5.02 Å². The lowest BCUT2D eigenvalue weighted by Gasteiger charge is -2.14. The third kappa shape index (κ3) is 4.75. The number of ether oxygens (including phenoxy) is 1.